The lowest BCUT2D eigenvalue weighted by molar-refractivity contribution is 0.112. The first-order valence-electron chi connectivity index (χ1n) is 7.02. The normalized spacial score (nSPS) is 12.2. The molecule has 0 heterocycles. The van der Waals surface area contributed by atoms with E-state index in [1.807, 2.05) is 0 Å². The van der Waals surface area contributed by atoms with Crippen molar-refractivity contribution in [3.05, 3.63) is 34.9 Å². The molecule has 0 bridgehead atoms. The van der Waals surface area contributed by atoms with E-state index in [4.69, 9.17) is 16.3 Å². The minimum Gasteiger partial charge on any atom is -0.387 e. The van der Waals surface area contributed by atoms with Gasteiger partial charge in [-0.1, -0.05) is 43.6 Å². The van der Waals surface area contributed by atoms with Gasteiger partial charge in [0, 0.05) is 30.3 Å². The number of carbonyl (C=O) groups is 1. The topological polar surface area (TPSA) is 70.6 Å². The van der Waals surface area contributed by atoms with Crippen LogP contribution in [0.15, 0.2) is 24.3 Å². The third kappa shape index (κ3) is 7.32. The maximum atomic E-state index is 11.5. The van der Waals surface area contributed by atoms with E-state index in [2.05, 4.69) is 24.5 Å². The summed E-state index contributed by atoms with van der Waals surface area (Å²) in [5.41, 5.74) is 0.597. The summed E-state index contributed by atoms with van der Waals surface area (Å²) in [5.74, 6) is 0.476. The van der Waals surface area contributed by atoms with Gasteiger partial charge in [0.15, 0.2) is 0 Å². The van der Waals surface area contributed by atoms with E-state index in [0.29, 0.717) is 36.3 Å². The second-order valence-electron chi connectivity index (χ2n) is 5.14. The number of urea groups is 1. The van der Waals surface area contributed by atoms with Crippen LogP contribution in [0.1, 0.15) is 25.5 Å². The van der Waals surface area contributed by atoms with E-state index in [1.54, 1.807) is 24.3 Å². The predicted molar refractivity (Wildman–Crippen MR) is 83.5 cm³/mol. The Balaban J connectivity index is 2.19. The monoisotopic (exact) mass is 314 g/mol. The highest BCUT2D eigenvalue weighted by atomic mass is 35.5. The summed E-state index contributed by atoms with van der Waals surface area (Å²) < 4.78 is 5.35. The quantitative estimate of drug-likeness (QED) is 0.645. The van der Waals surface area contributed by atoms with Crippen molar-refractivity contribution in [2.45, 2.75) is 20.0 Å². The summed E-state index contributed by atoms with van der Waals surface area (Å²) in [4.78, 5) is 11.5. The SMILES string of the molecule is CC(C)COCCNC(=O)NCC(O)c1ccccc1Cl. The summed E-state index contributed by atoms with van der Waals surface area (Å²) in [7, 11) is 0. The fourth-order valence-corrected chi connectivity index (χ4v) is 1.92. The van der Waals surface area contributed by atoms with Gasteiger partial charge in [-0.05, 0) is 12.0 Å². The highest BCUT2D eigenvalue weighted by molar-refractivity contribution is 6.31. The van der Waals surface area contributed by atoms with Gasteiger partial charge in [0.25, 0.3) is 0 Å². The maximum Gasteiger partial charge on any atom is 0.314 e. The maximum absolute atomic E-state index is 11.5. The van der Waals surface area contributed by atoms with Gasteiger partial charge in [0.1, 0.15) is 0 Å². The number of halogens is 1. The van der Waals surface area contributed by atoms with E-state index in [9.17, 15) is 9.90 Å². The Labute approximate surface area is 130 Å². The summed E-state index contributed by atoms with van der Waals surface area (Å²) in [6, 6.07) is 6.67. The van der Waals surface area contributed by atoms with Gasteiger partial charge in [-0.15, -0.1) is 0 Å². The number of aliphatic hydroxyl groups is 1. The number of rotatable bonds is 8. The molecule has 0 spiro atoms. The van der Waals surface area contributed by atoms with E-state index in [0.717, 1.165) is 0 Å². The summed E-state index contributed by atoms with van der Waals surface area (Å²) >= 11 is 5.97. The molecule has 0 aliphatic carbocycles. The van der Waals surface area contributed by atoms with Crippen molar-refractivity contribution in [1.82, 2.24) is 10.6 Å². The molecule has 6 heteroatoms. The van der Waals surface area contributed by atoms with Crippen molar-refractivity contribution in [2.75, 3.05) is 26.3 Å². The van der Waals surface area contributed by atoms with Crippen LogP contribution in [-0.2, 0) is 4.74 Å². The van der Waals surface area contributed by atoms with Crippen molar-refractivity contribution in [1.29, 1.82) is 0 Å². The Morgan fingerprint density at radius 2 is 2.05 bits per heavy atom. The molecule has 1 rings (SSSR count). The van der Waals surface area contributed by atoms with Gasteiger partial charge in [0.05, 0.1) is 12.7 Å². The molecule has 118 valence electrons. The van der Waals surface area contributed by atoms with E-state index in [-0.39, 0.29) is 12.6 Å². The van der Waals surface area contributed by atoms with Crippen LogP contribution in [-0.4, -0.2) is 37.4 Å². The van der Waals surface area contributed by atoms with Gasteiger partial charge in [-0.2, -0.15) is 0 Å². The molecule has 0 aliphatic heterocycles. The van der Waals surface area contributed by atoms with Crippen molar-refractivity contribution >= 4 is 17.6 Å². The first kappa shape index (κ1) is 17.8. The zero-order valence-electron chi connectivity index (χ0n) is 12.4. The molecule has 5 nitrogen and oxygen atoms in total. The standard InChI is InChI=1S/C15H23ClN2O3/c1-11(2)10-21-8-7-17-15(20)18-9-14(19)12-5-3-4-6-13(12)16/h3-6,11,14,19H,7-10H2,1-2H3,(H2,17,18,20). The molecule has 0 aliphatic rings. The van der Waals surface area contributed by atoms with Gasteiger partial charge >= 0.3 is 6.03 Å². The summed E-state index contributed by atoms with van der Waals surface area (Å²) in [5, 5.41) is 15.7. The Kier molecular flexibility index (Phi) is 8.12. The zero-order chi connectivity index (χ0) is 15.7. The van der Waals surface area contributed by atoms with Crippen LogP contribution in [0.3, 0.4) is 0 Å². The Morgan fingerprint density at radius 3 is 2.71 bits per heavy atom. The van der Waals surface area contributed by atoms with Crippen LogP contribution >= 0.6 is 11.6 Å². The number of hydrogen-bond donors (Lipinski definition) is 3. The lowest BCUT2D eigenvalue weighted by Crippen LogP contribution is -2.39. The van der Waals surface area contributed by atoms with Gasteiger partial charge in [0.2, 0.25) is 0 Å². The zero-order valence-corrected chi connectivity index (χ0v) is 13.2. The molecule has 1 aromatic carbocycles. The molecule has 0 radical (unpaired) electrons. The van der Waals surface area contributed by atoms with Crippen LogP contribution in [0.4, 0.5) is 4.79 Å². The number of carbonyl (C=O) groups excluding carboxylic acids is 1. The van der Waals surface area contributed by atoms with Gasteiger partial charge < -0.3 is 20.5 Å². The second-order valence-corrected chi connectivity index (χ2v) is 5.55. The van der Waals surface area contributed by atoms with Crippen molar-refractivity contribution in [2.24, 2.45) is 5.92 Å². The average Bonchev–Trinajstić information content (AvgIpc) is 2.44. The molecule has 1 aromatic rings. The van der Waals surface area contributed by atoms with Gasteiger partial charge in [-0.3, -0.25) is 0 Å². The van der Waals surface area contributed by atoms with Crippen molar-refractivity contribution in [3.63, 3.8) is 0 Å². The van der Waals surface area contributed by atoms with Crippen LogP contribution in [0.2, 0.25) is 5.02 Å². The Morgan fingerprint density at radius 1 is 1.33 bits per heavy atom. The molecular formula is C15H23ClN2O3. The Bertz CT molecular complexity index is 441. The Hall–Kier alpha value is -1.30. The molecule has 1 atom stereocenters. The minimum atomic E-state index is -0.832. The molecular weight excluding hydrogens is 292 g/mol. The molecule has 21 heavy (non-hydrogen) atoms. The molecule has 0 saturated carbocycles. The van der Waals surface area contributed by atoms with E-state index >= 15 is 0 Å². The van der Waals surface area contributed by atoms with E-state index in [1.165, 1.54) is 0 Å². The van der Waals surface area contributed by atoms with Crippen LogP contribution in [0, 0.1) is 5.92 Å². The van der Waals surface area contributed by atoms with E-state index < -0.39 is 6.10 Å². The third-order valence-corrected chi connectivity index (χ3v) is 3.05. The van der Waals surface area contributed by atoms with Crippen LogP contribution in [0.25, 0.3) is 0 Å². The lowest BCUT2D eigenvalue weighted by atomic mass is 10.1. The number of amides is 2. The highest BCUT2D eigenvalue weighted by Crippen LogP contribution is 2.21. The van der Waals surface area contributed by atoms with Gasteiger partial charge in [-0.25, -0.2) is 4.79 Å². The largest absolute Gasteiger partial charge is 0.387 e. The smallest absolute Gasteiger partial charge is 0.314 e. The molecule has 0 fully saturated rings. The molecule has 3 N–H and O–H groups in total. The number of hydrogen-bond acceptors (Lipinski definition) is 3. The molecule has 0 saturated heterocycles. The van der Waals surface area contributed by atoms with Crippen molar-refractivity contribution < 1.29 is 14.6 Å². The summed E-state index contributed by atoms with van der Waals surface area (Å²) in [6.07, 6.45) is -0.832. The first-order valence-corrected chi connectivity index (χ1v) is 7.40. The fourth-order valence-electron chi connectivity index (χ4n) is 1.66. The minimum absolute atomic E-state index is 0.0996. The molecule has 0 aromatic heterocycles. The predicted octanol–water partition coefficient (Wildman–Crippen LogP) is 2.35. The first-order chi connectivity index (χ1) is 10.0. The highest BCUT2D eigenvalue weighted by Gasteiger charge is 2.11. The number of nitrogens with one attached hydrogen (secondary N) is 2. The van der Waals surface area contributed by atoms with Crippen LogP contribution in [0.5, 0.6) is 0 Å². The van der Waals surface area contributed by atoms with Crippen LogP contribution < -0.4 is 10.6 Å². The lowest BCUT2D eigenvalue weighted by Gasteiger charge is -2.14. The van der Waals surface area contributed by atoms with Crippen molar-refractivity contribution in [3.8, 4) is 0 Å². The summed E-state index contributed by atoms with van der Waals surface area (Å²) in [6.45, 7) is 5.81. The number of aliphatic hydroxyl groups excluding tert-OH is 1. The number of benzene rings is 1. The molecule has 2 amide bonds. The third-order valence-electron chi connectivity index (χ3n) is 2.70. The second kappa shape index (κ2) is 9.60. The molecule has 1 unspecified atom stereocenters. The average molecular weight is 315 g/mol. The fraction of sp³-hybridized carbons (Fsp3) is 0.533. The number of ether oxygens (including phenoxy) is 1.